The van der Waals surface area contributed by atoms with Crippen LogP contribution in [0, 0.1) is 0 Å². The molecular weight excluding hydrogens is 242 g/mol. The van der Waals surface area contributed by atoms with Gasteiger partial charge in [-0.15, -0.1) is 0 Å². The second kappa shape index (κ2) is 6.16. The highest BCUT2D eigenvalue weighted by Crippen LogP contribution is 2.14. The van der Waals surface area contributed by atoms with Crippen molar-refractivity contribution in [2.45, 2.75) is 18.9 Å². The van der Waals surface area contributed by atoms with Crippen molar-refractivity contribution < 1.29 is 4.74 Å². The van der Waals surface area contributed by atoms with E-state index in [1.807, 2.05) is 12.4 Å². The lowest BCUT2D eigenvalue weighted by molar-refractivity contribution is 0.120. The molecule has 2 saturated heterocycles. The van der Waals surface area contributed by atoms with Crippen LogP contribution in [0.15, 0.2) is 12.4 Å². The maximum atomic E-state index is 5.57. The normalized spacial score (nSPS) is 23.6. The van der Waals surface area contributed by atoms with Gasteiger partial charge in [0.25, 0.3) is 0 Å². The molecule has 2 fully saturated rings. The summed E-state index contributed by atoms with van der Waals surface area (Å²) >= 11 is 0. The van der Waals surface area contributed by atoms with Gasteiger partial charge in [0.1, 0.15) is 11.6 Å². The molecule has 3 heterocycles. The van der Waals surface area contributed by atoms with Crippen molar-refractivity contribution in [1.29, 1.82) is 0 Å². The summed E-state index contributed by atoms with van der Waals surface area (Å²) in [6.07, 6.45) is 6.30. The molecule has 2 aliphatic heterocycles. The van der Waals surface area contributed by atoms with Gasteiger partial charge in [0.2, 0.25) is 0 Å². The van der Waals surface area contributed by atoms with E-state index in [0.29, 0.717) is 6.10 Å². The van der Waals surface area contributed by atoms with Crippen LogP contribution >= 0.6 is 0 Å². The van der Waals surface area contributed by atoms with Crippen molar-refractivity contribution in [2.75, 3.05) is 49.5 Å². The molecule has 0 aliphatic carbocycles. The van der Waals surface area contributed by atoms with Gasteiger partial charge in [0, 0.05) is 39.3 Å². The molecule has 0 spiro atoms. The summed E-state index contributed by atoms with van der Waals surface area (Å²) in [4.78, 5) is 11.2. The lowest BCUT2D eigenvalue weighted by Crippen LogP contribution is -2.43. The van der Waals surface area contributed by atoms with E-state index in [9.17, 15) is 0 Å². The maximum Gasteiger partial charge on any atom is 0.147 e. The van der Waals surface area contributed by atoms with Crippen LogP contribution in [0.3, 0.4) is 0 Å². The Morgan fingerprint density at radius 1 is 1.32 bits per heavy atom. The maximum absolute atomic E-state index is 5.57. The van der Waals surface area contributed by atoms with Crippen molar-refractivity contribution in [2.24, 2.45) is 0 Å². The molecule has 6 heteroatoms. The van der Waals surface area contributed by atoms with Crippen molar-refractivity contribution in [1.82, 2.24) is 15.3 Å². The fourth-order valence-corrected chi connectivity index (χ4v) is 2.49. The molecule has 104 valence electrons. The van der Waals surface area contributed by atoms with Crippen LogP contribution in [0.25, 0.3) is 0 Å². The standard InChI is InChI=1S/C13H21N5O/c1-2-11(19-7-1)8-15-12-9-17-13(10-16-12)18-5-3-14-4-6-18/h9-11,14H,1-8H2,(H,15,16). The Labute approximate surface area is 113 Å². The highest BCUT2D eigenvalue weighted by molar-refractivity contribution is 5.41. The van der Waals surface area contributed by atoms with Crippen LogP contribution in [0.2, 0.25) is 0 Å². The van der Waals surface area contributed by atoms with E-state index < -0.39 is 0 Å². The van der Waals surface area contributed by atoms with Crippen molar-refractivity contribution in [3.05, 3.63) is 12.4 Å². The van der Waals surface area contributed by atoms with Crippen molar-refractivity contribution >= 4 is 11.6 Å². The third-order valence-corrected chi connectivity index (χ3v) is 3.61. The minimum Gasteiger partial charge on any atom is -0.376 e. The first-order valence-corrected chi connectivity index (χ1v) is 7.05. The van der Waals surface area contributed by atoms with Gasteiger partial charge < -0.3 is 20.3 Å². The Hall–Kier alpha value is -1.40. The molecule has 1 atom stereocenters. The predicted octanol–water partition coefficient (Wildman–Crippen LogP) is 0.477. The smallest absolute Gasteiger partial charge is 0.147 e. The number of hydrogen-bond donors (Lipinski definition) is 2. The molecule has 0 saturated carbocycles. The number of nitrogens with zero attached hydrogens (tertiary/aromatic N) is 3. The molecule has 0 bridgehead atoms. The number of piperazine rings is 1. The van der Waals surface area contributed by atoms with Gasteiger partial charge in [-0.25, -0.2) is 9.97 Å². The second-order valence-electron chi connectivity index (χ2n) is 5.01. The van der Waals surface area contributed by atoms with Gasteiger partial charge in [0.15, 0.2) is 0 Å². The molecule has 6 nitrogen and oxygen atoms in total. The molecule has 1 aromatic heterocycles. The Kier molecular flexibility index (Phi) is 4.10. The summed E-state index contributed by atoms with van der Waals surface area (Å²) in [7, 11) is 0. The van der Waals surface area contributed by atoms with Gasteiger partial charge >= 0.3 is 0 Å². The molecule has 2 N–H and O–H groups in total. The van der Waals surface area contributed by atoms with Crippen LogP contribution in [0.5, 0.6) is 0 Å². The summed E-state index contributed by atoms with van der Waals surface area (Å²) in [5, 5.41) is 6.62. The molecule has 1 aromatic rings. The van der Waals surface area contributed by atoms with Crippen molar-refractivity contribution in [3.8, 4) is 0 Å². The minimum atomic E-state index is 0.328. The summed E-state index contributed by atoms with van der Waals surface area (Å²) in [6, 6.07) is 0. The first-order chi connectivity index (χ1) is 9.42. The summed E-state index contributed by atoms with van der Waals surface area (Å²) in [5.74, 6) is 1.79. The summed E-state index contributed by atoms with van der Waals surface area (Å²) < 4.78 is 5.57. The van der Waals surface area contributed by atoms with Crippen LogP contribution < -0.4 is 15.5 Å². The van der Waals surface area contributed by atoms with E-state index in [1.54, 1.807) is 0 Å². The van der Waals surface area contributed by atoms with E-state index in [1.165, 1.54) is 6.42 Å². The zero-order valence-corrected chi connectivity index (χ0v) is 11.1. The first-order valence-electron chi connectivity index (χ1n) is 7.05. The number of anilines is 2. The molecule has 1 unspecified atom stereocenters. The zero-order valence-electron chi connectivity index (χ0n) is 11.1. The molecule has 19 heavy (non-hydrogen) atoms. The van der Waals surface area contributed by atoms with Crippen LogP contribution in [-0.4, -0.2) is 55.4 Å². The summed E-state index contributed by atoms with van der Waals surface area (Å²) in [6.45, 7) is 5.73. The summed E-state index contributed by atoms with van der Waals surface area (Å²) in [5.41, 5.74) is 0. The van der Waals surface area contributed by atoms with E-state index in [2.05, 4.69) is 25.5 Å². The van der Waals surface area contributed by atoms with Gasteiger partial charge in [-0.3, -0.25) is 0 Å². The van der Waals surface area contributed by atoms with Gasteiger partial charge in [-0.1, -0.05) is 0 Å². The number of hydrogen-bond acceptors (Lipinski definition) is 6. The Morgan fingerprint density at radius 3 is 2.89 bits per heavy atom. The minimum absolute atomic E-state index is 0.328. The lowest BCUT2D eigenvalue weighted by Gasteiger charge is -2.28. The SMILES string of the molecule is c1nc(N2CCNCC2)cnc1NCC1CCCO1. The van der Waals surface area contributed by atoms with E-state index in [4.69, 9.17) is 4.74 Å². The second-order valence-corrected chi connectivity index (χ2v) is 5.01. The number of nitrogens with one attached hydrogen (secondary N) is 2. The van der Waals surface area contributed by atoms with E-state index >= 15 is 0 Å². The Balaban J connectivity index is 1.52. The average molecular weight is 263 g/mol. The largest absolute Gasteiger partial charge is 0.376 e. The third-order valence-electron chi connectivity index (χ3n) is 3.61. The van der Waals surface area contributed by atoms with E-state index in [-0.39, 0.29) is 0 Å². The highest BCUT2D eigenvalue weighted by Gasteiger charge is 2.15. The number of aromatic nitrogens is 2. The first kappa shape index (κ1) is 12.6. The molecule has 0 amide bonds. The number of ether oxygens (including phenoxy) is 1. The van der Waals surface area contributed by atoms with Crippen LogP contribution in [0.1, 0.15) is 12.8 Å². The highest BCUT2D eigenvalue weighted by atomic mass is 16.5. The molecule has 2 aliphatic rings. The van der Waals surface area contributed by atoms with Crippen molar-refractivity contribution in [3.63, 3.8) is 0 Å². The predicted molar refractivity (Wildman–Crippen MR) is 74.6 cm³/mol. The Morgan fingerprint density at radius 2 is 2.21 bits per heavy atom. The number of rotatable bonds is 4. The molecule has 0 radical (unpaired) electrons. The van der Waals surface area contributed by atoms with Crippen LogP contribution in [-0.2, 0) is 4.74 Å². The van der Waals surface area contributed by atoms with Gasteiger partial charge in [-0.05, 0) is 12.8 Å². The topological polar surface area (TPSA) is 62.3 Å². The fourth-order valence-electron chi connectivity index (χ4n) is 2.49. The monoisotopic (exact) mass is 263 g/mol. The quantitative estimate of drug-likeness (QED) is 0.824. The Bertz CT molecular complexity index is 385. The fraction of sp³-hybridized carbons (Fsp3) is 0.692. The van der Waals surface area contributed by atoms with Gasteiger partial charge in [-0.2, -0.15) is 0 Å². The average Bonchev–Trinajstić information content (AvgIpc) is 3.00. The molecule has 3 rings (SSSR count). The molecular formula is C13H21N5O. The van der Waals surface area contributed by atoms with E-state index in [0.717, 1.165) is 57.4 Å². The lowest BCUT2D eigenvalue weighted by atomic mass is 10.2. The zero-order chi connectivity index (χ0) is 12.9. The van der Waals surface area contributed by atoms with Gasteiger partial charge in [0.05, 0.1) is 18.5 Å². The molecule has 0 aromatic carbocycles. The van der Waals surface area contributed by atoms with Crippen LogP contribution in [0.4, 0.5) is 11.6 Å². The third kappa shape index (κ3) is 3.33.